The SMILES string of the molecule is CCCCCCCCCCCCCCCCCCCCCCCCCCCCCC(=O)N[C@@H](COP(=O)(O)O)[C@H](O)CCCCCCCCCCCCCC. The first kappa shape index (κ1) is 54.5. The average molecular weight is 802 g/mol. The second-order valence-corrected chi connectivity index (χ2v) is 18.4. The van der Waals surface area contributed by atoms with E-state index in [0.717, 1.165) is 38.5 Å². The van der Waals surface area contributed by atoms with E-state index in [0.29, 0.717) is 12.8 Å². The zero-order valence-electron chi connectivity index (χ0n) is 36.9. The predicted molar refractivity (Wildman–Crippen MR) is 237 cm³/mol. The number of carbonyl (C=O) groups excluding carboxylic acids is 1. The van der Waals surface area contributed by atoms with E-state index in [4.69, 9.17) is 0 Å². The van der Waals surface area contributed by atoms with Crippen molar-refractivity contribution in [3.05, 3.63) is 0 Å². The molecule has 1 amide bonds. The van der Waals surface area contributed by atoms with Gasteiger partial charge in [0.1, 0.15) is 0 Å². The van der Waals surface area contributed by atoms with Crippen LogP contribution < -0.4 is 5.32 Å². The normalized spacial score (nSPS) is 13.0. The second-order valence-electron chi connectivity index (χ2n) is 17.1. The van der Waals surface area contributed by atoms with E-state index >= 15 is 0 Å². The van der Waals surface area contributed by atoms with Crippen molar-refractivity contribution < 1.29 is 28.8 Å². The highest BCUT2D eigenvalue weighted by Crippen LogP contribution is 2.36. The molecule has 0 saturated heterocycles. The minimum Gasteiger partial charge on any atom is -0.391 e. The van der Waals surface area contributed by atoms with Crippen LogP contribution in [0.5, 0.6) is 0 Å². The largest absolute Gasteiger partial charge is 0.469 e. The molecular weight excluding hydrogens is 705 g/mol. The van der Waals surface area contributed by atoms with Crippen molar-refractivity contribution in [1.29, 1.82) is 0 Å². The quantitative estimate of drug-likeness (QED) is 0.0360. The Labute approximate surface area is 342 Å². The third-order valence-corrected chi connectivity index (χ3v) is 12.1. The van der Waals surface area contributed by atoms with Crippen molar-refractivity contribution in [2.75, 3.05) is 6.61 Å². The summed E-state index contributed by atoms with van der Waals surface area (Å²) in [6.07, 6.45) is 51.2. The molecular formula is C47H96NO6P. The third kappa shape index (κ3) is 44.5. The van der Waals surface area contributed by atoms with Gasteiger partial charge in [-0.05, 0) is 12.8 Å². The first-order chi connectivity index (χ1) is 26.8. The Balaban J connectivity index is 3.68. The average Bonchev–Trinajstić information content (AvgIpc) is 3.16. The van der Waals surface area contributed by atoms with Gasteiger partial charge in [0.05, 0.1) is 18.8 Å². The van der Waals surface area contributed by atoms with Crippen molar-refractivity contribution in [2.45, 2.75) is 289 Å². The smallest absolute Gasteiger partial charge is 0.391 e. The summed E-state index contributed by atoms with van der Waals surface area (Å²) in [6, 6.07) is -0.818. The zero-order valence-corrected chi connectivity index (χ0v) is 37.8. The van der Waals surface area contributed by atoms with Gasteiger partial charge in [0.2, 0.25) is 5.91 Å². The Kier molecular flexibility index (Phi) is 42.8. The van der Waals surface area contributed by atoms with Crippen LogP contribution in [0.3, 0.4) is 0 Å². The molecule has 0 aliphatic rings. The van der Waals surface area contributed by atoms with Crippen molar-refractivity contribution in [1.82, 2.24) is 5.32 Å². The molecule has 0 heterocycles. The lowest BCUT2D eigenvalue weighted by molar-refractivity contribution is -0.123. The lowest BCUT2D eigenvalue weighted by Crippen LogP contribution is -2.46. The first-order valence-electron chi connectivity index (χ1n) is 24.5. The minimum atomic E-state index is -4.69. The van der Waals surface area contributed by atoms with E-state index in [1.807, 2.05) is 0 Å². The maximum absolute atomic E-state index is 12.6. The van der Waals surface area contributed by atoms with E-state index < -0.39 is 26.6 Å². The van der Waals surface area contributed by atoms with Crippen LogP contribution in [0.1, 0.15) is 277 Å². The summed E-state index contributed by atoms with van der Waals surface area (Å²) in [6.45, 7) is 4.15. The fraction of sp³-hybridized carbons (Fsp3) is 0.979. The zero-order chi connectivity index (χ0) is 40.3. The predicted octanol–water partition coefficient (Wildman–Crippen LogP) is 15.0. The van der Waals surface area contributed by atoms with Gasteiger partial charge in [-0.3, -0.25) is 9.32 Å². The minimum absolute atomic E-state index is 0.187. The Morgan fingerprint density at radius 3 is 0.982 bits per heavy atom. The third-order valence-electron chi connectivity index (χ3n) is 11.6. The first-order valence-corrected chi connectivity index (χ1v) is 26.0. The van der Waals surface area contributed by atoms with Gasteiger partial charge in [0.25, 0.3) is 0 Å². The van der Waals surface area contributed by atoms with Crippen LogP contribution in [0.15, 0.2) is 0 Å². The standard InChI is InChI=1S/C47H96NO6P/c1-3-5-7-9-11-13-15-17-18-19-20-21-22-23-24-25-26-27-28-29-30-31-33-35-37-39-41-43-47(50)48-45(44-54-55(51,52)53)46(49)42-40-38-36-34-32-16-14-12-10-8-6-4-2/h45-46,49H,3-44H2,1-2H3,(H,48,50)(H2,51,52,53)/t45-,46+/m0/s1. The second kappa shape index (κ2) is 43.1. The molecule has 0 aromatic heterocycles. The van der Waals surface area contributed by atoms with Gasteiger partial charge in [0.15, 0.2) is 0 Å². The molecule has 8 heteroatoms. The summed E-state index contributed by atoms with van der Waals surface area (Å²) >= 11 is 0. The molecule has 0 aliphatic heterocycles. The van der Waals surface area contributed by atoms with E-state index in [2.05, 4.69) is 23.7 Å². The number of rotatable bonds is 46. The summed E-state index contributed by atoms with van der Waals surface area (Å²) in [5.41, 5.74) is 0. The molecule has 0 radical (unpaired) electrons. The molecule has 7 nitrogen and oxygen atoms in total. The Hall–Kier alpha value is -0.460. The van der Waals surface area contributed by atoms with Gasteiger partial charge < -0.3 is 20.2 Å². The van der Waals surface area contributed by atoms with Crippen LogP contribution in [-0.4, -0.2) is 39.6 Å². The highest BCUT2D eigenvalue weighted by atomic mass is 31.2. The number of phosphoric acid groups is 1. The van der Waals surface area contributed by atoms with Crippen molar-refractivity contribution in [3.8, 4) is 0 Å². The van der Waals surface area contributed by atoms with Gasteiger partial charge in [-0.15, -0.1) is 0 Å². The van der Waals surface area contributed by atoms with E-state index in [1.165, 1.54) is 212 Å². The summed E-state index contributed by atoms with van der Waals surface area (Å²) < 4.78 is 16.0. The van der Waals surface area contributed by atoms with Crippen LogP contribution in [0.2, 0.25) is 0 Å². The molecule has 0 aromatic rings. The van der Waals surface area contributed by atoms with E-state index in [1.54, 1.807) is 0 Å². The molecule has 0 spiro atoms. The molecule has 0 aromatic carbocycles. The van der Waals surface area contributed by atoms with E-state index in [-0.39, 0.29) is 5.91 Å². The molecule has 0 aliphatic carbocycles. The molecule has 0 rings (SSSR count). The highest BCUT2D eigenvalue weighted by Gasteiger charge is 2.25. The van der Waals surface area contributed by atoms with Gasteiger partial charge >= 0.3 is 7.82 Å². The number of carbonyl (C=O) groups is 1. The number of nitrogens with one attached hydrogen (secondary N) is 1. The van der Waals surface area contributed by atoms with E-state index in [9.17, 15) is 24.3 Å². The number of aliphatic hydroxyl groups is 1. The fourth-order valence-corrected chi connectivity index (χ4v) is 8.23. The Morgan fingerprint density at radius 2 is 0.709 bits per heavy atom. The number of phosphoric ester groups is 1. The van der Waals surface area contributed by atoms with Crippen LogP contribution in [0.25, 0.3) is 0 Å². The Morgan fingerprint density at radius 1 is 0.455 bits per heavy atom. The number of unbranched alkanes of at least 4 members (excludes halogenated alkanes) is 37. The van der Waals surface area contributed by atoms with Gasteiger partial charge in [-0.2, -0.15) is 0 Å². The van der Waals surface area contributed by atoms with Gasteiger partial charge in [0, 0.05) is 6.42 Å². The number of hydrogen-bond acceptors (Lipinski definition) is 4. The summed E-state index contributed by atoms with van der Waals surface area (Å²) in [7, 11) is -4.69. The van der Waals surface area contributed by atoms with Gasteiger partial charge in [-0.25, -0.2) is 4.57 Å². The molecule has 2 atom stereocenters. The lowest BCUT2D eigenvalue weighted by atomic mass is 10.0. The number of hydrogen-bond donors (Lipinski definition) is 4. The highest BCUT2D eigenvalue weighted by molar-refractivity contribution is 7.46. The number of aliphatic hydroxyl groups excluding tert-OH is 1. The van der Waals surface area contributed by atoms with Crippen LogP contribution in [-0.2, 0) is 13.9 Å². The lowest BCUT2D eigenvalue weighted by Gasteiger charge is -2.24. The number of amides is 1. The summed E-state index contributed by atoms with van der Waals surface area (Å²) in [4.78, 5) is 31.0. The molecule has 55 heavy (non-hydrogen) atoms. The molecule has 4 N–H and O–H groups in total. The van der Waals surface area contributed by atoms with Crippen LogP contribution in [0.4, 0.5) is 0 Å². The van der Waals surface area contributed by atoms with Crippen molar-refractivity contribution in [3.63, 3.8) is 0 Å². The summed E-state index contributed by atoms with van der Waals surface area (Å²) in [5, 5.41) is 13.5. The molecule has 0 saturated carbocycles. The van der Waals surface area contributed by atoms with Crippen molar-refractivity contribution >= 4 is 13.7 Å². The molecule has 0 unspecified atom stereocenters. The molecule has 0 bridgehead atoms. The maximum atomic E-state index is 12.6. The monoisotopic (exact) mass is 802 g/mol. The topological polar surface area (TPSA) is 116 Å². The summed E-state index contributed by atoms with van der Waals surface area (Å²) in [5.74, 6) is -0.187. The Bertz CT molecular complexity index is 823. The van der Waals surface area contributed by atoms with Gasteiger partial charge in [-0.1, -0.05) is 258 Å². The molecule has 0 fully saturated rings. The van der Waals surface area contributed by atoms with Crippen LogP contribution >= 0.6 is 7.82 Å². The molecule has 330 valence electrons. The fourth-order valence-electron chi connectivity index (χ4n) is 7.88. The maximum Gasteiger partial charge on any atom is 0.469 e. The van der Waals surface area contributed by atoms with Crippen molar-refractivity contribution in [2.24, 2.45) is 0 Å². The van der Waals surface area contributed by atoms with Crippen LogP contribution in [0, 0.1) is 0 Å².